The molecule has 6 heteroatoms. The molecule has 1 N–H and O–H groups in total. The SMILES string of the molecule is CC(C)c1cc(=O)c2cc3c(cc2[nH]1)OC(F)(F)O3. The number of nitrogens with one attached hydrogen (secondary N) is 1. The van der Waals surface area contributed by atoms with Crippen LogP contribution in [0.1, 0.15) is 25.5 Å². The molecular formula is C13H11F2NO3. The summed E-state index contributed by atoms with van der Waals surface area (Å²) < 4.78 is 34.6. The van der Waals surface area contributed by atoms with Crippen LogP contribution in [-0.4, -0.2) is 11.3 Å². The maximum atomic E-state index is 13.0. The largest absolute Gasteiger partial charge is 0.586 e. The van der Waals surface area contributed by atoms with Gasteiger partial charge in [0, 0.05) is 23.2 Å². The molecule has 0 amide bonds. The zero-order chi connectivity index (χ0) is 13.8. The summed E-state index contributed by atoms with van der Waals surface area (Å²) in [5.74, 6) is -0.0710. The Hall–Kier alpha value is -2.11. The topological polar surface area (TPSA) is 51.3 Å². The number of alkyl halides is 2. The highest BCUT2D eigenvalue weighted by Crippen LogP contribution is 2.42. The van der Waals surface area contributed by atoms with E-state index in [2.05, 4.69) is 14.5 Å². The van der Waals surface area contributed by atoms with Gasteiger partial charge in [0.25, 0.3) is 0 Å². The maximum absolute atomic E-state index is 13.0. The molecule has 0 aliphatic carbocycles. The van der Waals surface area contributed by atoms with E-state index in [4.69, 9.17) is 0 Å². The predicted molar refractivity (Wildman–Crippen MR) is 64.9 cm³/mol. The van der Waals surface area contributed by atoms with Crippen molar-refractivity contribution in [3.8, 4) is 11.5 Å². The summed E-state index contributed by atoms with van der Waals surface area (Å²) >= 11 is 0. The van der Waals surface area contributed by atoms with Gasteiger partial charge >= 0.3 is 6.29 Å². The molecule has 0 saturated heterocycles. The van der Waals surface area contributed by atoms with Crippen molar-refractivity contribution in [1.82, 2.24) is 4.98 Å². The Morgan fingerprint density at radius 2 is 1.79 bits per heavy atom. The van der Waals surface area contributed by atoms with Gasteiger partial charge < -0.3 is 14.5 Å². The van der Waals surface area contributed by atoms with Gasteiger partial charge in [-0.15, -0.1) is 8.78 Å². The van der Waals surface area contributed by atoms with E-state index in [0.717, 1.165) is 5.69 Å². The molecule has 4 nitrogen and oxygen atoms in total. The molecule has 1 aliphatic rings. The van der Waals surface area contributed by atoms with Crippen LogP contribution in [0.2, 0.25) is 0 Å². The summed E-state index contributed by atoms with van der Waals surface area (Å²) in [5.41, 5.74) is 0.957. The molecule has 0 fully saturated rings. The van der Waals surface area contributed by atoms with Gasteiger partial charge in [-0.2, -0.15) is 0 Å². The molecule has 0 radical (unpaired) electrons. The van der Waals surface area contributed by atoms with Crippen molar-refractivity contribution in [2.24, 2.45) is 0 Å². The minimum Gasteiger partial charge on any atom is -0.395 e. The van der Waals surface area contributed by atoms with E-state index in [1.165, 1.54) is 18.2 Å². The van der Waals surface area contributed by atoms with Crippen LogP contribution >= 0.6 is 0 Å². The minimum absolute atomic E-state index is 0.0749. The zero-order valence-corrected chi connectivity index (χ0v) is 10.3. The molecule has 1 aliphatic heterocycles. The lowest BCUT2D eigenvalue weighted by Gasteiger charge is -2.07. The van der Waals surface area contributed by atoms with E-state index >= 15 is 0 Å². The van der Waals surface area contributed by atoms with Crippen LogP contribution in [0.5, 0.6) is 11.5 Å². The first-order valence-corrected chi connectivity index (χ1v) is 5.82. The monoisotopic (exact) mass is 267 g/mol. The summed E-state index contributed by atoms with van der Waals surface area (Å²) in [4.78, 5) is 15.0. The van der Waals surface area contributed by atoms with Crippen LogP contribution in [-0.2, 0) is 0 Å². The Morgan fingerprint density at radius 3 is 2.42 bits per heavy atom. The van der Waals surface area contributed by atoms with Gasteiger partial charge in [0.05, 0.1) is 5.52 Å². The third-order valence-corrected chi connectivity index (χ3v) is 2.99. The number of halogens is 2. The van der Waals surface area contributed by atoms with Crippen molar-refractivity contribution >= 4 is 10.9 Å². The summed E-state index contributed by atoms with van der Waals surface area (Å²) in [6, 6.07) is 4.10. The molecule has 2 heterocycles. The molecular weight excluding hydrogens is 256 g/mol. The first kappa shape index (κ1) is 12.0. The van der Waals surface area contributed by atoms with Crippen LogP contribution in [0.25, 0.3) is 10.9 Å². The van der Waals surface area contributed by atoms with Crippen molar-refractivity contribution in [3.63, 3.8) is 0 Å². The number of pyridine rings is 1. The fourth-order valence-corrected chi connectivity index (χ4v) is 2.03. The number of rotatable bonds is 1. The van der Waals surface area contributed by atoms with Gasteiger partial charge in [-0.25, -0.2) is 0 Å². The first-order valence-electron chi connectivity index (χ1n) is 5.82. The molecule has 19 heavy (non-hydrogen) atoms. The molecule has 2 aromatic rings. The van der Waals surface area contributed by atoms with Crippen LogP contribution in [0.4, 0.5) is 8.78 Å². The van der Waals surface area contributed by atoms with Crippen LogP contribution in [0.15, 0.2) is 23.0 Å². The summed E-state index contributed by atoms with van der Waals surface area (Å²) in [7, 11) is 0. The Balaban J connectivity index is 2.24. The van der Waals surface area contributed by atoms with Crippen molar-refractivity contribution in [2.75, 3.05) is 0 Å². The smallest absolute Gasteiger partial charge is 0.395 e. The first-order chi connectivity index (χ1) is 8.85. The molecule has 0 unspecified atom stereocenters. The van der Waals surface area contributed by atoms with E-state index in [-0.39, 0.29) is 22.8 Å². The zero-order valence-electron chi connectivity index (χ0n) is 10.3. The lowest BCUT2D eigenvalue weighted by atomic mass is 10.1. The van der Waals surface area contributed by atoms with Crippen LogP contribution in [0, 0.1) is 0 Å². The van der Waals surface area contributed by atoms with Crippen molar-refractivity contribution in [1.29, 1.82) is 0 Å². The average molecular weight is 267 g/mol. The predicted octanol–water partition coefficient (Wildman–Crippen LogP) is 2.97. The number of H-pyrrole nitrogens is 1. The number of fused-ring (bicyclic) bond motifs is 2. The van der Waals surface area contributed by atoms with Gasteiger partial charge in [-0.3, -0.25) is 4.79 Å². The van der Waals surface area contributed by atoms with Crippen LogP contribution < -0.4 is 14.9 Å². The second kappa shape index (κ2) is 3.69. The molecule has 3 rings (SSSR count). The number of aromatic nitrogens is 1. The molecule has 0 atom stereocenters. The molecule has 100 valence electrons. The fourth-order valence-electron chi connectivity index (χ4n) is 2.03. The van der Waals surface area contributed by atoms with Gasteiger partial charge in [0.2, 0.25) is 0 Å². The molecule has 1 aromatic heterocycles. The van der Waals surface area contributed by atoms with Gasteiger partial charge in [-0.05, 0) is 12.0 Å². The highest BCUT2D eigenvalue weighted by molar-refractivity contribution is 5.83. The van der Waals surface area contributed by atoms with Crippen LogP contribution in [0.3, 0.4) is 0 Å². The average Bonchev–Trinajstić information content (AvgIpc) is 2.59. The van der Waals surface area contributed by atoms with E-state index in [1.807, 2.05) is 13.8 Å². The third kappa shape index (κ3) is 1.93. The molecule has 0 bridgehead atoms. The van der Waals surface area contributed by atoms with Gasteiger partial charge in [0.1, 0.15) is 0 Å². The standard InChI is InChI=1S/C13H11F2NO3/c1-6(2)8-4-10(17)7-3-11-12(5-9(7)16-8)19-13(14,15)18-11/h3-6H,1-2H3,(H,16,17). The number of hydrogen-bond acceptors (Lipinski definition) is 3. The van der Waals surface area contributed by atoms with E-state index in [0.29, 0.717) is 10.9 Å². The Bertz CT molecular complexity index is 722. The number of benzene rings is 1. The van der Waals surface area contributed by atoms with Crippen molar-refractivity contribution in [3.05, 3.63) is 34.1 Å². The van der Waals surface area contributed by atoms with Crippen molar-refractivity contribution < 1.29 is 18.3 Å². The third-order valence-electron chi connectivity index (χ3n) is 2.99. The lowest BCUT2D eigenvalue weighted by Crippen LogP contribution is -2.25. The highest BCUT2D eigenvalue weighted by atomic mass is 19.3. The summed E-state index contributed by atoms with van der Waals surface area (Å²) in [6.45, 7) is 3.86. The summed E-state index contributed by atoms with van der Waals surface area (Å²) in [6.07, 6.45) is -3.68. The van der Waals surface area contributed by atoms with E-state index in [1.54, 1.807) is 0 Å². The normalized spacial score (nSPS) is 16.3. The highest BCUT2D eigenvalue weighted by Gasteiger charge is 2.43. The second-order valence-corrected chi connectivity index (χ2v) is 4.76. The second-order valence-electron chi connectivity index (χ2n) is 4.76. The minimum atomic E-state index is -3.68. The fraction of sp³-hybridized carbons (Fsp3) is 0.308. The quantitative estimate of drug-likeness (QED) is 0.864. The lowest BCUT2D eigenvalue weighted by molar-refractivity contribution is -0.286. The Labute approximate surface area is 107 Å². The van der Waals surface area contributed by atoms with Crippen molar-refractivity contribution in [2.45, 2.75) is 26.1 Å². The number of ether oxygens (including phenoxy) is 2. The number of hydrogen-bond donors (Lipinski definition) is 1. The molecule has 1 aromatic carbocycles. The Morgan fingerprint density at radius 1 is 1.16 bits per heavy atom. The maximum Gasteiger partial charge on any atom is 0.586 e. The number of aromatic amines is 1. The Kier molecular flexibility index (Phi) is 2.32. The van der Waals surface area contributed by atoms with E-state index < -0.39 is 6.29 Å². The molecule has 0 spiro atoms. The summed E-state index contributed by atoms with van der Waals surface area (Å²) in [5, 5.41) is 0.296. The van der Waals surface area contributed by atoms with Gasteiger partial charge in [-0.1, -0.05) is 13.8 Å². The van der Waals surface area contributed by atoms with Gasteiger partial charge in [0.15, 0.2) is 16.9 Å². The van der Waals surface area contributed by atoms with E-state index in [9.17, 15) is 13.6 Å². The molecule has 0 saturated carbocycles.